The number of carbonyl (C=O) groups is 1. The van der Waals surface area contributed by atoms with E-state index in [4.69, 9.17) is 5.11 Å². The predicted molar refractivity (Wildman–Crippen MR) is 66.3 cm³/mol. The molecule has 1 N–H and O–H groups in total. The second-order valence-corrected chi connectivity index (χ2v) is 4.60. The lowest BCUT2D eigenvalue weighted by Gasteiger charge is -2.17. The molecule has 1 rings (SSSR count). The van der Waals surface area contributed by atoms with Gasteiger partial charge >= 0.3 is 18.3 Å². The van der Waals surface area contributed by atoms with Crippen molar-refractivity contribution in [3.05, 3.63) is 47.5 Å². The van der Waals surface area contributed by atoms with Crippen molar-refractivity contribution in [3.8, 4) is 0 Å². The van der Waals surface area contributed by atoms with Crippen LogP contribution in [0.25, 0.3) is 0 Å². The molecule has 0 fully saturated rings. The van der Waals surface area contributed by atoms with Crippen molar-refractivity contribution in [1.82, 2.24) is 0 Å². The first-order valence-corrected chi connectivity index (χ1v) is 6.10. The molecule has 0 aliphatic carbocycles. The number of benzene rings is 1. The molecule has 0 spiro atoms. The van der Waals surface area contributed by atoms with Crippen LogP contribution < -0.4 is 0 Å². The average molecular weight is 326 g/mol. The third-order valence-electron chi connectivity index (χ3n) is 2.97. The Hall–Kier alpha value is -1.99. The van der Waals surface area contributed by atoms with Crippen LogP contribution in [0.5, 0.6) is 0 Å². The number of hydrogen-bond donors (Lipinski definition) is 1. The summed E-state index contributed by atoms with van der Waals surface area (Å²) in [4.78, 5) is 11.1. The summed E-state index contributed by atoms with van der Waals surface area (Å²) >= 11 is 0. The molecule has 122 valence electrons. The number of allylic oxidation sites excluding steroid dienone is 1. The zero-order valence-corrected chi connectivity index (χ0v) is 11.1. The molecule has 0 aliphatic rings. The molecule has 0 radical (unpaired) electrons. The number of aliphatic carboxylic acids is 1. The fourth-order valence-electron chi connectivity index (χ4n) is 1.90. The first-order chi connectivity index (χ1) is 9.96. The lowest BCUT2D eigenvalue weighted by Crippen LogP contribution is -2.16. The molecule has 0 saturated heterocycles. The largest absolute Gasteiger partial charge is 0.481 e. The summed E-state index contributed by atoms with van der Waals surface area (Å²) in [6.07, 6.45) is -8.66. The topological polar surface area (TPSA) is 37.3 Å². The van der Waals surface area contributed by atoms with E-state index in [0.29, 0.717) is 12.1 Å². The van der Waals surface area contributed by atoms with Crippen LogP contribution in [-0.4, -0.2) is 11.1 Å². The van der Waals surface area contributed by atoms with Crippen molar-refractivity contribution in [1.29, 1.82) is 0 Å². The van der Waals surface area contributed by atoms with E-state index >= 15 is 0 Å². The molecule has 0 bridgehead atoms. The SMILES string of the molecule is C=CCCC(C(=O)O)c1cc(C(F)(F)F)cc(C(F)(F)F)c1. The maximum atomic E-state index is 12.7. The van der Waals surface area contributed by atoms with Crippen LogP contribution in [0.2, 0.25) is 0 Å². The van der Waals surface area contributed by atoms with Gasteiger partial charge in [0.15, 0.2) is 0 Å². The van der Waals surface area contributed by atoms with Gasteiger partial charge in [0.25, 0.3) is 0 Å². The molecule has 0 heterocycles. The number of halogens is 6. The van der Waals surface area contributed by atoms with Gasteiger partial charge in [0.2, 0.25) is 0 Å². The van der Waals surface area contributed by atoms with E-state index in [9.17, 15) is 31.1 Å². The van der Waals surface area contributed by atoms with Crippen LogP contribution in [0.4, 0.5) is 26.3 Å². The lowest BCUT2D eigenvalue weighted by molar-refractivity contribution is -0.144. The van der Waals surface area contributed by atoms with Gasteiger partial charge < -0.3 is 5.11 Å². The average Bonchev–Trinajstić information content (AvgIpc) is 2.36. The van der Waals surface area contributed by atoms with Crippen LogP contribution in [0.15, 0.2) is 30.9 Å². The molecule has 0 amide bonds. The number of rotatable bonds is 5. The third kappa shape index (κ3) is 4.51. The van der Waals surface area contributed by atoms with Gasteiger partial charge in [0.05, 0.1) is 17.0 Å². The Morgan fingerprint density at radius 1 is 1.09 bits per heavy atom. The summed E-state index contributed by atoms with van der Waals surface area (Å²) in [6.45, 7) is 3.35. The van der Waals surface area contributed by atoms with Crippen LogP contribution in [0, 0.1) is 0 Å². The molecular weight excluding hydrogens is 314 g/mol. The van der Waals surface area contributed by atoms with Gasteiger partial charge in [-0.3, -0.25) is 4.79 Å². The van der Waals surface area contributed by atoms with Crippen molar-refractivity contribution in [3.63, 3.8) is 0 Å². The molecular formula is C14H12F6O2. The third-order valence-corrected chi connectivity index (χ3v) is 2.97. The van der Waals surface area contributed by atoms with E-state index in [1.807, 2.05) is 0 Å². The highest BCUT2D eigenvalue weighted by atomic mass is 19.4. The van der Waals surface area contributed by atoms with Gasteiger partial charge in [-0.2, -0.15) is 26.3 Å². The highest BCUT2D eigenvalue weighted by Crippen LogP contribution is 2.38. The van der Waals surface area contributed by atoms with Crippen molar-refractivity contribution >= 4 is 5.97 Å². The van der Waals surface area contributed by atoms with E-state index in [1.54, 1.807) is 0 Å². The van der Waals surface area contributed by atoms with Crippen molar-refractivity contribution < 1.29 is 36.2 Å². The molecule has 0 aliphatic heterocycles. The molecule has 0 aromatic heterocycles. The maximum absolute atomic E-state index is 12.7. The van der Waals surface area contributed by atoms with Gasteiger partial charge in [0, 0.05) is 0 Å². The van der Waals surface area contributed by atoms with E-state index in [2.05, 4.69) is 6.58 Å². The van der Waals surface area contributed by atoms with Gasteiger partial charge in [-0.15, -0.1) is 6.58 Å². The fraction of sp³-hybridized carbons (Fsp3) is 0.357. The highest BCUT2D eigenvalue weighted by molar-refractivity contribution is 5.76. The summed E-state index contributed by atoms with van der Waals surface area (Å²) in [6, 6.07) is 0.851. The van der Waals surface area contributed by atoms with Crippen LogP contribution >= 0.6 is 0 Å². The molecule has 1 aromatic carbocycles. The van der Waals surface area contributed by atoms with Crippen LogP contribution in [0.3, 0.4) is 0 Å². The van der Waals surface area contributed by atoms with E-state index < -0.39 is 40.9 Å². The normalized spacial score (nSPS) is 13.7. The first-order valence-electron chi connectivity index (χ1n) is 6.10. The molecule has 1 unspecified atom stereocenters. The number of carboxylic acids is 1. The van der Waals surface area contributed by atoms with Gasteiger partial charge in [-0.25, -0.2) is 0 Å². The Balaban J connectivity index is 3.44. The van der Waals surface area contributed by atoms with E-state index in [0.717, 1.165) is 0 Å². The van der Waals surface area contributed by atoms with Gasteiger partial charge in [-0.05, 0) is 36.6 Å². The quantitative estimate of drug-likeness (QED) is 0.620. The van der Waals surface area contributed by atoms with Crippen LogP contribution in [-0.2, 0) is 17.1 Å². The smallest absolute Gasteiger partial charge is 0.416 e. The summed E-state index contributed by atoms with van der Waals surface area (Å²) < 4.78 is 76.3. The van der Waals surface area contributed by atoms with Crippen molar-refractivity contribution in [2.45, 2.75) is 31.1 Å². The predicted octanol–water partition coefficient (Wildman–Crippen LogP) is 4.86. The lowest BCUT2D eigenvalue weighted by atomic mass is 9.91. The van der Waals surface area contributed by atoms with Crippen LogP contribution in [0.1, 0.15) is 35.4 Å². The van der Waals surface area contributed by atoms with Crippen molar-refractivity contribution in [2.24, 2.45) is 0 Å². The number of alkyl halides is 6. The first kappa shape index (κ1) is 18.1. The highest BCUT2D eigenvalue weighted by Gasteiger charge is 2.38. The standard InChI is InChI=1S/C14H12F6O2/c1-2-3-4-11(12(21)22)8-5-9(13(15,16)17)7-10(6-8)14(18,19)20/h2,5-7,11H,1,3-4H2,(H,21,22). The van der Waals surface area contributed by atoms with E-state index in [1.165, 1.54) is 6.08 Å². The molecule has 8 heteroatoms. The second kappa shape index (κ2) is 6.41. The second-order valence-electron chi connectivity index (χ2n) is 4.60. The number of hydrogen-bond acceptors (Lipinski definition) is 1. The molecule has 22 heavy (non-hydrogen) atoms. The summed E-state index contributed by atoms with van der Waals surface area (Å²) in [5.41, 5.74) is -3.58. The summed E-state index contributed by atoms with van der Waals surface area (Å²) in [5.74, 6) is -2.96. The molecule has 2 nitrogen and oxygen atoms in total. The zero-order chi connectivity index (χ0) is 17.1. The fourth-order valence-corrected chi connectivity index (χ4v) is 1.90. The Morgan fingerprint density at radius 2 is 1.55 bits per heavy atom. The summed E-state index contributed by atoms with van der Waals surface area (Å²) in [5, 5.41) is 9.04. The van der Waals surface area contributed by atoms with Gasteiger partial charge in [-0.1, -0.05) is 6.08 Å². The maximum Gasteiger partial charge on any atom is 0.416 e. The molecule has 1 aromatic rings. The van der Waals surface area contributed by atoms with Gasteiger partial charge in [0.1, 0.15) is 0 Å². The number of carboxylic acid groups (broad SMARTS) is 1. The molecule has 1 atom stereocenters. The minimum Gasteiger partial charge on any atom is -0.481 e. The Kier molecular flexibility index (Phi) is 5.26. The Labute approximate surface area is 122 Å². The van der Waals surface area contributed by atoms with Crippen molar-refractivity contribution in [2.75, 3.05) is 0 Å². The summed E-state index contributed by atoms with van der Waals surface area (Å²) in [7, 11) is 0. The Bertz CT molecular complexity index is 527. The molecule has 0 saturated carbocycles. The van der Waals surface area contributed by atoms with E-state index in [-0.39, 0.29) is 18.9 Å². The minimum absolute atomic E-state index is 0.0318. The monoisotopic (exact) mass is 326 g/mol. The Morgan fingerprint density at radius 3 is 1.86 bits per heavy atom. The zero-order valence-electron chi connectivity index (χ0n) is 11.1. The minimum atomic E-state index is -5.00.